The summed E-state index contributed by atoms with van der Waals surface area (Å²) in [6.45, 7) is 0. The molecule has 0 bridgehead atoms. The van der Waals surface area contributed by atoms with E-state index >= 15 is 0 Å². The molecular formula is C9H4ClF3N2S. The summed E-state index contributed by atoms with van der Waals surface area (Å²) in [7, 11) is 0. The average molecular weight is 265 g/mol. The Hall–Kier alpha value is -1.14. The van der Waals surface area contributed by atoms with E-state index < -0.39 is 11.7 Å². The number of halogens is 4. The second-order valence-corrected chi connectivity index (χ2v) is 3.83. The molecule has 0 spiro atoms. The monoisotopic (exact) mass is 264 g/mol. The van der Waals surface area contributed by atoms with Gasteiger partial charge in [-0.1, -0.05) is 29.8 Å². The van der Waals surface area contributed by atoms with Crippen molar-refractivity contribution in [3.05, 3.63) is 35.0 Å². The number of aromatic nitrogens is 2. The predicted octanol–water partition coefficient (Wildman–Crippen LogP) is 3.88. The molecule has 1 heterocycles. The fourth-order valence-electron chi connectivity index (χ4n) is 1.28. The number of hydrogen-bond acceptors (Lipinski definition) is 3. The van der Waals surface area contributed by atoms with Gasteiger partial charge in [-0.05, 0) is 6.07 Å². The Morgan fingerprint density at radius 3 is 2.38 bits per heavy atom. The quantitative estimate of drug-likeness (QED) is 0.781. The summed E-state index contributed by atoms with van der Waals surface area (Å²) in [5, 5.41) is -0.0123. The number of rotatable bonds is 1. The van der Waals surface area contributed by atoms with Crippen molar-refractivity contribution < 1.29 is 13.2 Å². The molecule has 0 fully saturated rings. The second kappa shape index (κ2) is 4.03. The van der Waals surface area contributed by atoms with Gasteiger partial charge < -0.3 is 0 Å². The van der Waals surface area contributed by atoms with Crippen molar-refractivity contribution in [3.8, 4) is 11.3 Å². The summed E-state index contributed by atoms with van der Waals surface area (Å²) in [5.41, 5.74) is -0.738. The van der Waals surface area contributed by atoms with Gasteiger partial charge in [0.25, 0.3) is 0 Å². The lowest BCUT2D eigenvalue weighted by atomic mass is 10.1. The summed E-state index contributed by atoms with van der Waals surface area (Å²) >= 11 is 6.45. The molecule has 0 saturated carbocycles. The van der Waals surface area contributed by atoms with Gasteiger partial charge in [0.05, 0.1) is 17.3 Å². The van der Waals surface area contributed by atoms with Gasteiger partial charge in [0.15, 0.2) is 5.15 Å². The minimum Gasteiger partial charge on any atom is -0.171 e. The number of alkyl halides is 3. The standard InChI is InChI=1S/C9H4ClF3N2S/c10-8-7(14-16-15-8)5-3-1-2-4-6(5)9(11,12)13/h1-4H. The largest absolute Gasteiger partial charge is 0.417 e. The van der Waals surface area contributed by atoms with E-state index in [2.05, 4.69) is 8.75 Å². The van der Waals surface area contributed by atoms with Crippen LogP contribution < -0.4 is 0 Å². The molecule has 0 N–H and O–H groups in total. The fourth-order valence-corrected chi connectivity index (χ4v) is 2.03. The van der Waals surface area contributed by atoms with E-state index in [1.165, 1.54) is 18.2 Å². The zero-order chi connectivity index (χ0) is 11.8. The van der Waals surface area contributed by atoms with Crippen LogP contribution in [0.25, 0.3) is 11.3 Å². The molecule has 0 atom stereocenters. The fraction of sp³-hybridized carbons (Fsp3) is 0.111. The molecule has 84 valence electrons. The molecule has 16 heavy (non-hydrogen) atoms. The van der Waals surface area contributed by atoms with Crippen molar-refractivity contribution in [2.24, 2.45) is 0 Å². The van der Waals surface area contributed by atoms with Crippen LogP contribution in [-0.2, 0) is 6.18 Å². The highest BCUT2D eigenvalue weighted by atomic mass is 35.5. The lowest BCUT2D eigenvalue weighted by Gasteiger charge is -2.10. The molecule has 0 aliphatic rings. The van der Waals surface area contributed by atoms with Crippen molar-refractivity contribution >= 4 is 23.3 Å². The third-order valence-corrected chi connectivity index (χ3v) is 2.83. The molecule has 2 rings (SSSR count). The molecule has 7 heteroatoms. The number of hydrogen-bond donors (Lipinski definition) is 0. The molecule has 0 radical (unpaired) electrons. The Morgan fingerprint density at radius 1 is 1.12 bits per heavy atom. The third-order valence-electron chi connectivity index (χ3n) is 1.94. The zero-order valence-corrected chi connectivity index (χ0v) is 9.20. The lowest BCUT2D eigenvalue weighted by molar-refractivity contribution is -0.137. The van der Waals surface area contributed by atoms with Crippen LogP contribution in [0.1, 0.15) is 5.56 Å². The first-order valence-electron chi connectivity index (χ1n) is 4.15. The van der Waals surface area contributed by atoms with Gasteiger partial charge in [-0.25, -0.2) is 0 Å². The summed E-state index contributed by atoms with van der Waals surface area (Å²) in [5.74, 6) is 0. The average Bonchev–Trinajstić information content (AvgIpc) is 2.63. The summed E-state index contributed by atoms with van der Waals surface area (Å²) in [6, 6.07) is 5.14. The predicted molar refractivity (Wildman–Crippen MR) is 55.4 cm³/mol. The first-order chi connectivity index (χ1) is 7.50. The first kappa shape index (κ1) is 11.3. The topological polar surface area (TPSA) is 25.8 Å². The number of benzene rings is 1. The van der Waals surface area contributed by atoms with E-state index in [-0.39, 0.29) is 16.4 Å². The van der Waals surface area contributed by atoms with Crippen LogP contribution in [0.4, 0.5) is 13.2 Å². The second-order valence-electron chi connectivity index (χ2n) is 2.95. The Morgan fingerprint density at radius 2 is 1.81 bits per heavy atom. The first-order valence-corrected chi connectivity index (χ1v) is 5.25. The van der Waals surface area contributed by atoms with E-state index in [9.17, 15) is 13.2 Å². The molecule has 1 aromatic heterocycles. The van der Waals surface area contributed by atoms with E-state index in [0.717, 1.165) is 17.8 Å². The van der Waals surface area contributed by atoms with Crippen LogP contribution in [0.3, 0.4) is 0 Å². The van der Waals surface area contributed by atoms with Crippen LogP contribution in [-0.4, -0.2) is 8.75 Å². The van der Waals surface area contributed by atoms with Gasteiger partial charge in [0.1, 0.15) is 5.69 Å². The van der Waals surface area contributed by atoms with E-state index in [1.54, 1.807) is 0 Å². The van der Waals surface area contributed by atoms with Crippen molar-refractivity contribution in [2.75, 3.05) is 0 Å². The van der Waals surface area contributed by atoms with Crippen LogP contribution in [0.5, 0.6) is 0 Å². The maximum Gasteiger partial charge on any atom is 0.417 e. The molecule has 1 aromatic carbocycles. The highest BCUT2D eigenvalue weighted by Crippen LogP contribution is 2.38. The summed E-state index contributed by atoms with van der Waals surface area (Å²) in [4.78, 5) is 0. The molecule has 0 unspecified atom stereocenters. The van der Waals surface area contributed by atoms with Crippen LogP contribution in [0.2, 0.25) is 5.15 Å². The highest BCUT2D eigenvalue weighted by molar-refractivity contribution is 6.99. The Bertz CT molecular complexity index is 509. The number of nitrogens with zero attached hydrogens (tertiary/aromatic N) is 2. The summed E-state index contributed by atoms with van der Waals surface area (Å²) in [6.07, 6.45) is -4.43. The SMILES string of the molecule is FC(F)(F)c1ccccc1-c1nsnc1Cl. The molecular weight excluding hydrogens is 261 g/mol. The molecule has 0 aliphatic heterocycles. The molecule has 2 aromatic rings. The minimum absolute atomic E-state index is 0.0123. The van der Waals surface area contributed by atoms with Crippen molar-refractivity contribution in [1.29, 1.82) is 0 Å². The van der Waals surface area contributed by atoms with E-state index in [0.29, 0.717) is 0 Å². The molecule has 2 nitrogen and oxygen atoms in total. The van der Waals surface area contributed by atoms with Crippen molar-refractivity contribution in [3.63, 3.8) is 0 Å². The van der Waals surface area contributed by atoms with Gasteiger partial charge in [0, 0.05) is 5.56 Å². The van der Waals surface area contributed by atoms with Crippen LogP contribution in [0, 0.1) is 0 Å². The Balaban J connectivity index is 2.62. The third kappa shape index (κ3) is 2.03. The molecule has 0 aliphatic carbocycles. The Kier molecular flexibility index (Phi) is 2.86. The van der Waals surface area contributed by atoms with Crippen LogP contribution in [0.15, 0.2) is 24.3 Å². The highest BCUT2D eigenvalue weighted by Gasteiger charge is 2.34. The smallest absolute Gasteiger partial charge is 0.171 e. The normalized spacial score (nSPS) is 11.8. The van der Waals surface area contributed by atoms with Gasteiger partial charge in [0.2, 0.25) is 0 Å². The van der Waals surface area contributed by atoms with Gasteiger partial charge in [-0.2, -0.15) is 21.9 Å². The van der Waals surface area contributed by atoms with E-state index in [1.807, 2.05) is 0 Å². The van der Waals surface area contributed by atoms with Gasteiger partial charge in [-0.15, -0.1) is 0 Å². The maximum atomic E-state index is 12.7. The minimum atomic E-state index is -4.43. The molecule has 0 saturated heterocycles. The van der Waals surface area contributed by atoms with Crippen molar-refractivity contribution in [2.45, 2.75) is 6.18 Å². The van der Waals surface area contributed by atoms with Crippen LogP contribution >= 0.6 is 23.3 Å². The van der Waals surface area contributed by atoms with Gasteiger partial charge in [-0.3, -0.25) is 0 Å². The van der Waals surface area contributed by atoms with Crippen molar-refractivity contribution in [1.82, 2.24) is 8.75 Å². The van der Waals surface area contributed by atoms with Gasteiger partial charge >= 0.3 is 6.18 Å². The molecule has 0 amide bonds. The maximum absolute atomic E-state index is 12.7. The van der Waals surface area contributed by atoms with E-state index in [4.69, 9.17) is 11.6 Å². The summed E-state index contributed by atoms with van der Waals surface area (Å²) < 4.78 is 45.5. The lowest BCUT2D eigenvalue weighted by Crippen LogP contribution is -2.06. The zero-order valence-electron chi connectivity index (χ0n) is 7.62. The Labute approximate surface area is 98.0 Å².